The number of rotatable bonds is 6. The topological polar surface area (TPSA) is 55.4 Å². The summed E-state index contributed by atoms with van der Waals surface area (Å²) in [6.45, 7) is 1.60. The number of nitrogens with one attached hydrogen (secondary N) is 1. The van der Waals surface area contributed by atoms with Crippen LogP contribution in [-0.4, -0.2) is 17.8 Å². The predicted octanol–water partition coefficient (Wildman–Crippen LogP) is 5.63. The molecule has 0 saturated heterocycles. The van der Waals surface area contributed by atoms with Crippen LogP contribution in [0.3, 0.4) is 0 Å². The number of hydrogen-bond acceptors (Lipinski definition) is 3. The number of benzene rings is 3. The van der Waals surface area contributed by atoms with E-state index >= 15 is 0 Å². The molecule has 0 aromatic heterocycles. The summed E-state index contributed by atoms with van der Waals surface area (Å²) >= 11 is 12.1. The Morgan fingerprint density at radius 2 is 1.61 bits per heavy atom. The summed E-state index contributed by atoms with van der Waals surface area (Å²) in [4.78, 5) is 25.4. The molecule has 3 aromatic carbocycles. The maximum absolute atomic E-state index is 12.8. The summed E-state index contributed by atoms with van der Waals surface area (Å²) in [5.74, 6) is -0.245. The number of ketones is 1. The molecule has 1 N–H and O–H groups in total. The van der Waals surface area contributed by atoms with Crippen molar-refractivity contribution in [2.24, 2.45) is 0 Å². The zero-order valence-electron chi connectivity index (χ0n) is 15.0. The molecule has 0 unspecified atom stereocenters. The highest BCUT2D eigenvalue weighted by Crippen LogP contribution is 2.26. The van der Waals surface area contributed by atoms with Crippen LogP contribution in [0.25, 0.3) is 0 Å². The Balaban J connectivity index is 1.81. The van der Waals surface area contributed by atoms with Gasteiger partial charge in [0.2, 0.25) is 0 Å². The fourth-order valence-electron chi connectivity index (χ4n) is 2.58. The summed E-state index contributed by atoms with van der Waals surface area (Å²) in [7, 11) is 0. The van der Waals surface area contributed by atoms with Gasteiger partial charge in [-0.05, 0) is 37.3 Å². The number of ether oxygens (including phenoxy) is 1. The van der Waals surface area contributed by atoms with Crippen LogP contribution >= 0.6 is 23.2 Å². The monoisotopic (exact) mass is 413 g/mol. The Hall–Kier alpha value is -2.82. The lowest BCUT2D eigenvalue weighted by atomic mass is 10.0. The van der Waals surface area contributed by atoms with E-state index in [4.69, 9.17) is 27.9 Å². The third kappa shape index (κ3) is 4.71. The Bertz CT molecular complexity index is 1010. The third-order valence-electron chi connectivity index (χ3n) is 4.03. The molecule has 0 aliphatic heterocycles. The van der Waals surface area contributed by atoms with Crippen molar-refractivity contribution in [1.82, 2.24) is 0 Å². The van der Waals surface area contributed by atoms with E-state index in [1.165, 1.54) is 6.07 Å². The predicted molar refractivity (Wildman–Crippen MR) is 111 cm³/mol. The quantitative estimate of drug-likeness (QED) is 0.532. The van der Waals surface area contributed by atoms with Crippen molar-refractivity contribution < 1.29 is 14.3 Å². The van der Waals surface area contributed by atoms with Gasteiger partial charge < -0.3 is 10.1 Å². The average molecular weight is 414 g/mol. The Kier molecular flexibility index (Phi) is 6.34. The van der Waals surface area contributed by atoms with Crippen LogP contribution in [0.4, 0.5) is 5.69 Å². The van der Waals surface area contributed by atoms with E-state index in [2.05, 4.69) is 5.32 Å². The van der Waals surface area contributed by atoms with Crippen molar-refractivity contribution in [2.75, 3.05) is 5.32 Å². The van der Waals surface area contributed by atoms with E-state index in [0.29, 0.717) is 32.6 Å². The maximum atomic E-state index is 12.8. The average Bonchev–Trinajstić information content (AvgIpc) is 2.71. The lowest BCUT2D eigenvalue weighted by Crippen LogP contribution is -2.30. The molecule has 0 bridgehead atoms. The largest absolute Gasteiger partial charge is 0.479 e. The molecule has 0 spiro atoms. The summed E-state index contributed by atoms with van der Waals surface area (Å²) in [5, 5.41) is 3.55. The summed E-state index contributed by atoms with van der Waals surface area (Å²) < 4.78 is 5.63. The van der Waals surface area contributed by atoms with E-state index in [1.807, 2.05) is 6.07 Å². The van der Waals surface area contributed by atoms with E-state index in [9.17, 15) is 9.59 Å². The SMILES string of the molecule is C[C@@H](Oc1ccccc1Cl)C(=O)Nc1ccc(Cl)cc1C(=O)c1ccccc1. The third-order valence-corrected chi connectivity index (χ3v) is 4.58. The number of carbonyl (C=O) groups excluding carboxylic acids is 2. The van der Waals surface area contributed by atoms with Crippen LogP contribution in [0.15, 0.2) is 72.8 Å². The molecular weight excluding hydrogens is 397 g/mol. The van der Waals surface area contributed by atoms with Crippen LogP contribution in [0, 0.1) is 0 Å². The van der Waals surface area contributed by atoms with Crippen molar-refractivity contribution in [3.05, 3.63) is 94.0 Å². The van der Waals surface area contributed by atoms with E-state index < -0.39 is 12.0 Å². The summed E-state index contributed by atoms with van der Waals surface area (Å²) in [6, 6.07) is 20.4. The minimum atomic E-state index is -0.824. The lowest BCUT2D eigenvalue weighted by molar-refractivity contribution is -0.122. The van der Waals surface area contributed by atoms with Crippen LogP contribution in [0.1, 0.15) is 22.8 Å². The lowest BCUT2D eigenvalue weighted by Gasteiger charge is -2.17. The Morgan fingerprint density at radius 3 is 2.32 bits per heavy atom. The molecule has 0 heterocycles. The van der Waals surface area contributed by atoms with E-state index in [0.717, 1.165) is 0 Å². The van der Waals surface area contributed by atoms with Gasteiger partial charge in [-0.3, -0.25) is 9.59 Å². The highest BCUT2D eigenvalue weighted by atomic mass is 35.5. The second kappa shape index (κ2) is 8.91. The molecule has 0 saturated carbocycles. The molecule has 3 rings (SSSR count). The van der Waals surface area contributed by atoms with Crippen LogP contribution < -0.4 is 10.1 Å². The van der Waals surface area contributed by atoms with E-state index in [1.54, 1.807) is 67.6 Å². The molecule has 1 amide bonds. The first-order valence-electron chi connectivity index (χ1n) is 8.57. The molecule has 142 valence electrons. The number of halogens is 2. The Labute approximate surface area is 173 Å². The highest BCUT2D eigenvalue weighted by molar-refractivity contribution is 6.32. The van der Waals surface area contributed by atoms with Crippen LogP contribution in [-0.2, 0) is 4.79 Å². The first kappa shape index (κ1) is 19.9. The zero-order chi connectivity index (χ0) is 20.1. The molecule has 0 fully saturated rings. The van der Waals surface area contributed by atoms with Crippen molar-refractivity contribution in [3.8, 4) is 5.75 Å². The second-order valence-corrected chi connectivity index (χ2v) is 6.91. The minimum Gasteiger partial charge on any atom is -0.479 e. The van der Waals surface area contributed by atoms with Crippen LogP contribution in [0.2, 0.25) is 10.0 Å². The molecule has 0 aliphatic rings. The molecule has 3 aromatic rings. The fourth-order valence-corrected chi connectivity index (χ4v) is 2.93. The standard InChI is InChI=1S/C22H17Cl2NO3/c1-14(28-20-10-6-5-9-18(20)24)22(27)25-19-12-11-16(23)13-17(19)21(26)15-7-3-2-4-8-15/h2-14H,1H3,(H,25,27)/t14-/m1/s1. The normalized spacial score (nSPS) is 11.5. The van der Waals surface area contributed by atoms with Crippen molar-refractivity contribution in [1.29, 1.82) is 0 Å². The number of amides is 1. The fraction of sp³-hybridized carbons (Fsp3) is 0.0909. The van der Waals surface area contributed by atoms with Crippen LogP contribution in [0.5, 0.6) is 5.75 Å². The smallest absolute Gasteiger partial charge is 0.265 e. The summed E-state index contributed by atoms with van der Waals surface area (Å²) in [5.41, 5.74) is 1.16. The van der Waals surface area contributed by atoms with Crippen molar-refractivity contribution >= 4 is 40.6 Å². The molecule has 0 radical (unpaired) electrons. The molecular formula is C22H17Cl2NO3. The van der Waals surface area contributed by atoms with Gasteiger partial charge in [-0.25, -0.2) is 0 Å². The highest BCUT2D eigenvalue weighted by Gasteiger charge is 2.20. The maximum Gasteiger partial charge on any atom is 0.265 e. The second-order valence-electron chi connectivity index (χ2n) is 6.06. The van der Waals surface area contributed by atoms with Gasteiger partial charge in [-0.1, -0.05) is 65.7 Å². The van der Waals surface area contributed by atoms with Gasteiger partial charge in [0.15, 0.2) is 11.9 Å². The minimum absolute atomic E-state index is 0.238. The van der Waals surface area contributed by atoms with Gasteiger partial charge in [0, 0.05) is 16.1 Å². The molecule has 6 heteroatoms. The van der Waals surface area contributed by atoms with Crippen molar-refractivity contribution in [3.63, 3.8) is 0 Å². The first-order chi connectivity index (χ1) is 13.5. The van der Waals surface area contributed by atoms with Gasteiger partial charge in [0.25, 0.3) is 5.91 Å². The van der Waals surface area contributed by atoms with Gasteiger partial charge in [-0.15, -0.1) is 0 Å². The van der Waals surface area contributed by atoms with Gasteiger partial charge in [0.05, 0.1) is 10.7 Å². The zero-order valence-corrected chi connectivity index (χ0v) is 16.5. The molecule has 28 heavy (non-hydrogen) atoms. The molecule has 4 nitrogen and oxygen atoms in total. The number of anilines is 1. The van der Waals surface area contributed by atoms with Gasteiger partial charge in [0.1, 0.15) is 5.75 Å². The molecule has 1 atom stereocenters. The van der Waals surface area contributed by atoms with Gasteiger partial charge in [-0.2, -0.15) is 0 Å². The van der Waals surface area contributed by atoms with Crippen molar-refractivity contribution in [2.45, 2.75) is 13.0 Å². The molecule has 0 aliphatic carbocycles. The van der Waals surface area contributed by atoms with E-state index in [-0.39, 0.29) is 5.78 Å². The Morgan fingerprint density at radius 1 is 0.929 bits per heavy atom. The summed E-state index contributed by atoms with van der Waals surface area (Å²) in [6.07, 6.45) is -0.824. The van der Waals surface area contributed by atoms with Gasteiger partial charge >= 0.3 is 0 Å². The number of para-hydroxylation sites is 1. The number of carbonyl (C=O) groups is 2. The first-order valence-corrected chi connectivity index (χ1v) is 9.32. The number of hydrogen-bond donors (Lipinski definition) is 1.